The van der Waals surface area contributed by atoms with Gasteiger partial charge in [0.2, 0.25) is 5.88 Å². The molecule has 0 bridgehead atoms. The van der Waals surface area contributed by atoms with Gasteiger partial charge in [-0.15, -0.1) is 0 Å². The van der Waals surface area contributed by atoms with Gasteiger partial charge in [-0.25, -0.2) is 9.37 Å². The molecule has 0 atom stereocenters. The zero-order valence-electron chi connectivity index (χ0n) is 10.6. The molecule has 1 aromatic heterocycles. The van der Waals surface area contributed by atoms with Gasteiger partial charge in [-0.05, 0) is 35.0 Å². The van der Waals surface area contributed by atoms with Crippen molar-refractivity contribution in [2.45, 2.75) is 13.5 Å². The van der Waals surface area contributed by atoms with E-state index in [9.17, 15) is 4.39 Å². The molecule has 7 heteroatoms. The number of ether oxygens (including phenoxy) is 2. The SMILES string of the molecule is CCOCc1nc(Cl)cc(Oc2cc(F)ccc2Br)n1. The lowest BCUT2D eigenvalue weighted by Crippen LogP contribution is -2.01. The van der Waals surface area contributed by atoms with Gasteiger partial charge in [0.15, 0.2) is 5.82 Å². The summed E-state index contributed by atoms with van der Waals surface area (Å²) in [5, 5.41) is 0.234. The monoisotopic (exact) mass is 360 g/mol. The van der Waals surface area contributed by atoms with Crippen molar-refractivity contribution in [1.82, 2.24) is 9.97 Å². The molecular weight excluding hydrogens is 351 g/mol. The molecule has 2 aromatic rings. The zero-order chi connectivity index (χ0) is 14.5. The van der Waals surface area contributed by atoms with Crippen LogP contribution >= 0.6 is 27.5 Å². The summed E-state index contributed by atoms with van der Waals surface area (Å²) in [6.45, 7) is 2.64. The first-order chi connectivity index (χ1) is 9.58. The fraction of sp³-hybridized carbons (Fsp3) is 0.231. The Bertz CT molecular complexity index is 613. The average Bonchev–Trinajstić information content (AvgIpc) is 2.40. The molecule has 0 fully saturated rings. The topological polar surface area (TPSA) is 44.2 Å². The van der Waals surface area contributed by atoms with E-state index < -0.39 is 5.82 Å². The molecule has 1 heterocycles. The van der Waals surface area contributed by atoms with Gasteiger partial charge >= 0.3 is 0 Å². The molecule has 0 aliphatic carbocycles. The van der Waals surface area contributed by atoms with Crippen LogP contribution in [0.5, 0.6) is 11.6 Å². The summed E-state index contributed by atoms with van der Waals surface area (Å²) in [5.74, 6) is 0.535. The highest BCUT2D eigenvalue weighted by Crippen LogP contribution is 2.30. The molecule has 0 unspecified atom stereocenters. The number of hydrogen-bond donors (Lipinski definition) is 0. The van der Waals surface area contributed by atoms with Crippen LogP contribution in [0.25, 0.3) is 0 Å². The first kappa shape index (κ1) is 15.2. The first-order valence-corrected chi connectivity index (χ1v) is 6.99. The Morgan fingerprint density at radius 1 is 1.30 bits per heavy atom. The van der Waals surface area contributed by atoms with Crippen molar-refractivity contribution in [3.05, 3.63) is 45.5 Å². The molecule has 106 valence electrons. The van der Waals surface area contributed by atoms with Crippen molar-refractivity contribution >= 4 is 27.5 Å². The Morgan fingerprint density at radius 2 is 2.10 bits per heavy atom. The standard InChI is InChI=1S/C13H11BrClFN2O2/c1-2-19-7-12-17-11(15)6-13(18-12)20-10-5-8(16)3-4-9(10)14/h3-6H,2,7H2,1H3. The predicted octanol–water partition coefficient (Wildman–Crippen LogP) is 4.36. The van der Waals surface area contributed by atoms with E-state index in [0.29, 0.717) is 22.7 Å². The molecule has 20 heavy (non-hydrogen) atoms. The fourth-order valence-corrected chi connectivity index (χ4v) is 1.94. The number of nitrogens with zero attached hydrogens (tertiary/aromatic N) is 2. The molecule has 1 aromatic carbocycles. The Kier molecular flexibility index (Phi) is 5.28. The van der Waals surface area contributed by atoms with Gasteiger partial charge in [-0.3, -0.25) is 0 Å². The third kappa shape index (κ3) is 4.13. The van der Waals surface area contributed by atoms with E-state index in [0.717, 1.165) is 0 Å². The first-order valence-electron chi connectivity index (χ1n) is 5.82. The van der Waals surface area contributed by atoms with Crippen LogP contribution in [0.4, 0.5) is 4.39 Å². The number of benzene rings is 1. The van der Waals surface area contributed by atoms with Crippen molar-refractivity contribution in [2.24, 2.45) is 0 Å². The Balaban J connectivity index is 2.24. The highest BCUT2D eigenvalue weighted by atomic mass is 79.9. The fourth-order valence-electron chi connectivity index (χ4n) is 1.42. The molecule has 0 saturated heterocycles. The smallest absolute Gasteiger partial charge is 0.224 e. The molecule has 0 aliphatic heterocycles. The van der Waals surface area contributed by atoms with Crippen molar-refractivity contribution in [2.75, 3.05) is 6.61 Å². The number of hydrogen-bond acceptors (Lipinski definition) is 4. The van der Waals surface area contributed by atoms with E-state index in [2.05, 4.69) is 25.9 Å². The maximum atomic E-state index is 13.2. The third-order valence-electron chi connectivity index (χ3n) is 2.26. The Hall–Kier alpha value is -1.24. The van der Waals surface area contributed by atoms with E-state index in [1.54, 1.807) is 6.07 Å². The van der Waals surface area contributed by atoms with Crippen LogP contribution in [0.1, 0.15) is 12.7 Å². The predicted molar refractivity (Wildman–Crippen MR) is 76.5 cm³/mol. The van der Waals surface area contributed by atoms with Gasteiger partial charge in [-0.2, -0.15) is 4.98 Å². The minimum absolute atomic E-state index is 0.228. The quantitative estimate of drug-likeness (QED) is 0.742. The molecule has 4 nitrogen and oxygen atoms in total. The lowest BCUT2D eigenvalue weighted by molar-refractivity contribution is 0.128. The van der Waals surface area contributed by atoms with Gasteiger partial charge in [0, 0.05) is 18.7 Å². The summed E-state index contributed by atoms with van der Waals surface area (Å²) < 4.78 is 24.5. The van der Waals surface area contributed by atoms with Gasteiger partial charge in [0.25, 0.3) is 0 Å². The van der Waals surface area contributed by atoms with Gasteiger partial charge < -0.3 is 9.47 Å². The van der Waals surface area contributed by atoms with Crippen molar-refractivity contribution in [3.8, 4) is 11.6 Å². The second kappa shape index (κ2) is 6.97. The highest BCUT2D eigenvalue weighted by Gasteiger charge is 2.09. The van der Waals surface area contributed by atoms with Crippen LogP contribution in [0.15, 0.2) is 28.7 Å². The Labute approximate surface area is 129 Å². The molecule has 0 amide bonds. The maximum absolute atomic E-state index is 13.2. The average molecular weight is 362 g/mol. The third-order valence-corrected chi connectivity index (χ3v) is 3.11. The van der Waals surface area contributed by atoms with Crippen molar-refractivity contribution in [1.29, 1.82) is 0 Å². The Morgan fingerprint density at radius 3 is 2.85 bits per heavy atom. The second-order valence-corrected chi connectivity index (χ2v) is 5.00. The minimum Gasteiger partial charge on any atom is -0.438 e. The van der Waals surface area contributed by atoms with Crippen molar-refractivity contribution in [3.63, 3.8) is 0 Å². The van der Waals surface area contributed by atoms with Crippen LogP contribution in [0.2, 0.25) is 5.15 Å². The summed E-state index contributed by atoms with van der Waals surface area (Å²) in [5.41, 5.74) is 0. The largest absolute Gasteiger partial charge is 0.438 e. The van der Waals surface area contributed by atoms with E-state index in [-0.39, 0.29) is 17.6 Å². The van der Waals surface area contributed by atoms with Gasteiger partial charge in [0.05, 0.1) is 4.47 Å². The van der Waals surface area contributed by atoms with E-state index >= 15 is 0 Å². The van der Waals surface area contributed by atoms with Gasteiger partial charge in [0.1, 0.15) is 23.3 Å². The van der Waals surface area contributed by atoms with Crippen LogP contribution in [0.3, 0.4) is 0 Å². The van der Waals surface area contributed by atoms with E-state index in [1.807, 2.05) is 6.92 Å². The zero-order valence-corrected chi connectivity index (χ0v) is 12.9. The summed E-state index contributed by atoms with van der Waals surface area (Å²) >= 11 is 9.17. The molecular formula is C13H11BrClFN2O2. The summed E-state index contributed by atoms with van der Waals surface area (Å²) in [4.78, 5) is 8.17. The number of rotatable bonds is 5. The van der Waals surface area contributed by atoms with Crippen LogP contribution < -0.4 is 4.74 Å². The molecule has 0 aliphatic rings. The molecule has 0 spiro atoms. The van der Waals surface area contributed by atoms with Crippen molar-refractivity contribution < 1.29 is 13.9 Å². The van der Waals surface area contributed by atoms with Crippen LogP contribution in [0, 0.1) is 5.82 Å². The van der Waals surface area contributed by atoms with E-state index in [1.165, 1.54) is 18.2 Å². The van der Waals surface area contributed by atoms with Gasteiger partial charge in [-0.1, -0.05) is 11.6 Å². The molecule has 0 saturated carbocycles. The minimum atomic E-state index is -0.405. The van der Waals surface area contributed by atoms with Crippen LogP contribution in [-0.2, 0) is 11.3 Å². The number of aromatic nitrogens is 2. The molecule has 0 N–H and O–H groups in total. The second-order valence-electron chi connectivity index (χ2n) is 3.76. The summed E-state index contributed by atoms with van der Waals surface area (Å²) in [7, 11) is 0. The normalized spacial score (nSPS) is 10.6. The van der Waals surface area contributed by atoms with E-state index in [4.69, 9.17) is 21.1 Å². The molecule has 2 rings (SSSR count). The van der Waals surface area contributed by atoms with Crippen LogP contribution in [-0.4, -0.2) is 16.6 Å². The maximum Gasteiger partial charge on any atom is 0.224 e. The lowest BCUT2D eigenvalue weighted by Gasteiger charge is -2.08. The molecule has 0 radical (unpaired) electrons. The summed E-state index contributed by atoms with van der Waals surface area (Å²) in [6.07, 6.45) is 0. The number of halogens is 3. The highest BCUT2D eigenvalue weighted by molar-refractivity contribution is 9.10. The summed E-state index contributed by atoms with van der Waals surface area (Å²) in [6, 6.07) is 5.58. The lowest BCUT2D eigenvalue weighted by atomic mass is 10.3.